The molecule has 1 aromatic rings. The quantitative estimate of drug-likeness (QED) is 0.878. The van der Waals surface area contributed by atoms with Gasteiger partial charge in [0.2, 0.25) is 0 Å². The minimum absolute atomic E-state index is 0.0742. The SMILES string of the molecule is CCC(C)C(O)C1CSc2ccccc2O1. The van der Waals surface area contributed by atoms with Crippen molar-refractivity contribution < 1.29 is 9.84 Å². The number of fused-ring (bicyclic) bond motifs is 1. The Morgan fingerprint density at radius 3 is 3.00 bits per heavy atom. The van der Waals surface area contributed by atoms with Gasteiger partial charge in [-0.2, -0.15) is 0 Å². The zero-order valence-electron chi connectivity index (χ0n) is 9.72. The topological polar surface area (TPSA) is 29.5 Å². The van der Waals surface area contributed by atoms with E-state index in [-0.39, 0.29) is 18.1 Å². The molecule has 0 saturated heterocycles. The van der Waals surface area contributed by atoms with Crippen LogP contribution < -0.4 is 4.74 Å². The van der Waals surface area contributed by atoms with Crippen LogP contribution in [0.3, 0.4) is 0 Å². The minimum Gasteiger partial charge on any atom is -0.486 e. The average Bonchev–Trinajstić information content (AvgIpc) is 2.36. The molecule has 1 heterocycles. The summed E-state index contributed by atoms with van der Waals surface area (Å²) < 4.78 is 5.85. The molecular formula is C13H18O2S. The van der Waals surface area contributed by atoms with E-state index in [0.29, 0.717) is 0 Å². The van der Waals surface area contributed by atoms with E-state index in [2.05, 4.69) is 19.9 Å². The second kappa shape index (κ2) is 5.11. The van der Waals surface area contributed by atoms with Crippen molar-refractivity contribution in [2.75, 3.05) is 5.75 Å². The predicted octanol–water partition coefficient (Wildman–Crippen LogP) is 2.95. The monoisotopic (exact) mass is 238 g/mol. The summed E-state index contributed by atoms with van der Waals surface area (Å²) in [6.45, 7) is 4.16. The molecule has 88 valence electrons. The number of thioether (sulfide) groups is 1. The molecule has 3 atom stereocenters. The lowest BCUT2D eigenvalue weighted by molar-refractivity contribution is 0.0100. The molecule has 1 aromatic carbocycles. The molecular weight excluding hydrogens is 220 g/mol. The lowest BCUT2D eigenvalue weighted by atomic mass is 9.98. The molecule has 0 saturated carbocycles. The number of aliphatic hydroxyl groups is 1. The highest BCUT2D eigenvalue weighted by atomic mass is 32.2. The largest absolute Gasteiger partial charge is 0.486 e. The Morgan fingerprint density at radius 1 is 1.50 bits per heavy atom. The number of rotatable bonds is 3. The fourth-order valence-electron chi connectivity index (χ4n) is 1.81. The van der Waals surface area contributed by atoms with Gasteiger partial charge in [-0.25, -0.2) is 0 Å². The molecule has 0 aliphatic carbocycles. The molecule has 2 rings (SSSR count). The summed E-state index contributed by atoms with van der Waals surface area (Å²) in [6.07, 6.45) is 0.536. The smallest absolute Gasteiger partial charge is 0.134 e. The third kappa shape index (κ3) is 2.36. The van der Waals surface area contributed by atoms with E-state index in [0.717, 1.165) is 17.9 Å². The van der Waals surface area contributed by atoms with Gasteiger partial charge < -0.3 is 9.84 Å². The first-order valence-electron chi connectivity index (χ1n) is 5.79. The zero-order valence-corrected chi connectivity index (χ0v) is 10.5. The van der Waals surface area contributed by atoms with Crippen molar-refractivity contribution in [2.24, 2.45) is 5.92 Å². The summed E-state index contributed by atoms with van der Waals surface area (Å²) in [5, 5.41) is 10.1. The van der Waals surface area contributed by atoms with Crippen LogP contribution in [0.2, 0.25) is 0 Å². The maximum Gasteiger partial charge on any atom is 0.134 e. The molecule has 0 fully saturated rings. The fraction of sp³-hybridized carbons (Fsp3) is 0.538. The molecule has 0 spiro atoms. The van der Waals surface area contributed by atoms with Gasteiger partial charge in [-0.3, -0.25) is 0 Å². The first kappa shape index (κ1) is 11.8. The van der Waals surface area contributed by atoms with Gasteiger partial charge in [-0.15, -0.1) is 11.8 Å². The molecule has 3 heteroatoms. The van der Waals surface area contributed by atoms with E-state index in [1.165, 1.54) is 4.90 Å². The number of hydrogen-bond acceptors (Lipinski definition) is 3. The number of ether oxygens (including phenoxy) is 1. The molecule has 16 heavy (non-hydrogen) atoms. The Bertz CT molecular complexity index is 354. The lowest BCUT2D eigenvalue weighted by Gasteiger charge is -2.31. The van der Waals surface area contributed by atoms with Gasteiger partial charge in [0.05, 0.1) is 6.10 Å². The summed E-state index contributed by atoms with van der Waals surface area (Å²) in [4.78, 5) is 1.18. The summed E-state index contributed by atoms with van der Waals surface area (Å²) in [6, 6.07) is 8.02. The van der Waals surface area contributed by atoms with Crippen LogP contribution in [-0.2, 0) is 0 Å². The summed E-state index contributed by atoms with van der Waals surface area (Å²) in [7, 11) is 0. The molecule has 2 nitrogen and oxygen atoms in total. The molecule has 1 N–H and O–H groups in total. The third-order valence-electron chi connectivity index (χ3n) is 3.14. The Labute approximate surface area is 101 Å². The second-order valence-corrected chi connectivity index (χ2v) is 5.35. The highest BCUT2D eigenvalue weighted by Gasteiger charge is 2.29. The fourth-order valence-corrected chi connectivity index (χ4v) is 2.85. The van der Waals surface area contributed by atoms with Gasteiger partial charge >= 0.3 is 0 Å². The number of aliphatic hydroxyl groups excluding tert-OH is 1. The van der Waals surface area contributed by atoms with Crippen LogP contribution in [-0.4, -0.2) is 23.1 Å². The van der Waals surface area contributed by atoms with Crippen molar-refractivity contribution in [3.8, 4) is 5.75 Å². The first-order chi connectivity index (χ1) is 7.72. The molecule has 0 radical (unpaired) electrons. The molecule has 0 aromatic heterocycles. The van der Waals surface area contributed by atoms with Gasteiger partial charge in [0.15, 0.2) is 0 Å². The van der Waals surface area contributed by atoms with Gasteiger partial charge in [0, 0.05) is 10.6 Å². The highest BCUT2D eigenvalue weighted by molar-refractivity contribution is 7.99. The maximum absolute atomic E-state index is 10.1. The van der Waals surface area contributed by atoms with Gasteiger partial charge in [0.25, 0.3) is 0 Å². The van der Waals surface area contributed by atoms with Crippen LogP contribution >= 0.6 is 11.8 Å². The number of benzene rings is 1. The van der Waals surface area contributed by atoms with E-state index in [1.54, 1.807) is 11.8 Å². The first-order valence-corrected chi connectivity index (χ1v) is 6.77. The third-order valence-corrected chi connectivity index (χ3v) is 4.28. The van der Waals surface area contributed by atoms with Gasteiger partial charge in [0.1, 0.15) is 11.9 Å². The normalized spacial score (nSPS) is 23.1. The van der Waals surface area contributed by atoms with E-state index >= 15 is 0 Å². The van der Waals surface area contributed by atoms with Crippen molar-refractivity contribution in [1.29, 1.82) is 0 Å². The molecule has 0 amide bonds. The van der Waals surface area contributed by atoms with Crippen LogP contribution in [0, 0.1) is 5.92 Å². The van der Waals surface area contributed by atoms with Crippen molar-refractivity contribution in [2.45, 2.75) is 37.4 Å². The Hall–Kier alpha value is -0.670. The molecule has 0 bridgehead atoms. The Kier molecular flexibility index (Phi) is 3.77. The van der Waals surface area contributed by atoms with Crippen LogP contribution in [0.15, 0.2) is 29.2 Å². The number of hydrogen-bond donors (Lipinski definition) is 1. The lowest BCUT2D eigenvalue weighted by Crippen LogP contribution is -2.39. The summed E-state index contributed by atoms with van der Waals surface area (Å²) in [5.74, 6) is 2.03. The summed E-state index contributed by atoms with van der Waals surface area (Å²) in [5.41, 5.74) is 0. The zero-order chi connectivity index (χ0) is 11.5. The van der Waals surface area contributed by atoms with Crippen molar-refractivity contribution in [1.82, 2.24) is 0 Å². The van der Waals surface area contributed by atoms with Crippen LogP contribution in [0.5, 0.6) is 5.75 Å². The number of para-hydroxylation sites is 1. The highest BCUT2D eigenvalue weighted by Crippen LogP contribution is 2.36. The van der Waals surface area contributed by atoms with Crippen molar-refractivity contribution in [3.05, 3.63) is 24.3 Å². The van der Waals surface area contributed by atoms with Crippen LogP contribution in [0.1, 0.15) is 20.3 Å². The van der Waals surface area contributed by atoms with Crippen LogP contribution in [0.25, 0.3) is 0 Å². The second-order valence-electron chi connectivity index (χ2n) is 4.29. The van der Waals surface area contributed by atoms with E-state index in [4.69, 9.17) is 4.74 Å². The van der Waals surface area contributed by atoms with E-state index in [1.807, 2.05) is 18.2 Å². The molecule has 3 unspecified atom stereocenters. The van der Waals surface area contributed by atoms with E-state index in [9.17, 15) is 5.11 Å². The van der Waals surface area contributed by atoms with Crippen molar-refractivity contribution >= 4 is 11.8 Å². The molecule has 1 aliphatic heterocycles. The summed E-state index contributed by atoms with van der Waals surface area (Å²) >= 11 is 1.77. The molecule has 1 aliphatic rings. The Balaban J connectivity index is 2.08. The standard InChI is InChI=1S/C13H18O2S/c1-3-9(2)13(14)11-8-16-12-7-5-4-6-10(12)15-11/h4-7,9,11,13-14H,3,8H2,1-2H3. The van der Waals surface area contributed by atoms with Gasteiger partial charge in [-0.05, 0) is 18.1 Å². The van der Waals surface area contributed by atoms with E-state index < -0.39 is 0 Å². The maximum atomic E-state index is 10.1. The van der Waals surface area contributed by atoms with Crippen molar-refractivity contribution in [3.63, 3.8) is 0 Å². The minimum atomic E-state index is -0.370. The average molecular weight is 238 g/mol. The Morgan fingerprint density at radius 2 is 2.25 bits per heavy atom. The predicted molar refractivity (Wildman–Crippen MR) is 67.0 cm³/mol. The van der Waals surface area contributed by atoms with Gasteiger partial charge in [-0.1, -0.05) is 32.4 Å². The van der Waals surface area contributed by atoms with Crippen LogP contribution in [0.4, 0.5) is 0 Å².